The van der Waals surface area contributed by atoms with Gasteiger partial charge in [0.25, 0.3) is 0 Å². The number of aryl methyl sites for hydroxylation is 1. The molecule has 1 fully saturated rings. The highest BCUT2D eigenvalue weighted by Crippen LogP contribution is 2.27. The summed E-state index contributed by atoms with van der Waals surface area (Å²) in [6, 6.07) is 7.15. The zero-order valence-corrected chi connectivity index (χ0v) is 10.5. The molecule has 0 aliphatic carbocycles. The first kappa shape index (κ1) is 10.8. The third-order valence-electron chi connectivity index (χ3n) is 3.71. The van der Waals surface area contributed by atoms with Crippen LogP contribution in [-0.2, 0) is 7.05 Å². The maximum Gasteiger partial charge on any atom is 0.0926 e. The molecule has 1 N–H and O–H groups in total. The summed E-state index contributed by atoms with van der Waals surface area (Å²) in [5.74, 6) is 0.810. The molecule has 2 aromatic rings. The van der Waals surface area contributed by atoms with Crippen LogP contribution in [0.3, 0.4) is 0 Å². The zero-order valence-electron chi connectivity index (χ0n) is 10.5. The normalized spacial score (nSPS) is 25.3. The van der Waals surface area contributed by atoms with Crippen molar-refractivity contribution in [3.63, 3.8) is 0 Å². The number of aromatic nitrogens is 2. The lowest BCUT2D eigenvalue weighted by Crippen LogP contribution is -2.31. The fraction of sp³-hybridized carbons (Fsp3) is 0.500. The Bertz CT molecular complexity index is 521. The Morgan fingerprint density at radius 3 is 3.00 bits per heavy atom. The number of nitrogens with zero attached hydrogens (tertiary/aromatic N) is 2. The van der Waals surface area contributed by atoms with E-state index in [1.165, 1.54) is 23.8 Å². The minimum absolute atomic E-state index is 0.512. The highest BCUT2D eigenvalue weighted by atomic mass is 15.2. The van der Waals surface area contributed by atoms with E-state index < -0.39 is 0 Å². The van der Waals surface area contributed by atoms with Crippen LogP contribution in [0.15, 0.2) is 24.4 Å². The van der Waals surface area contributed by atoms with Gasteiger partial charge in [0, 0.05) is 24.7 Å². The van der Waals surface area contributed by atoms with Gasteiger partial charge in [-0.25, -0.2) is 0 Å². The third kappa shape index (κ3) is 2.07. The maximum absolute atomic E-state index is 4.47. The van der Waals surface area contributed by atoms with Gasteiger partial charge in [-0.05, 0) is 36.9 Å². The average molecular weight is 229 g/mol. The number of hydrogen-bond donors (Lipinski definition) is 1. The molecule has 0 amide bonds. The minimum Gasteiger partial charge on any atom is -0.310 e. The molecule has 1 aliphatic rings. The second-order valence-corrected chi connectivity index (χ2v) is 5.26. The Labute approximate surface area is 102 Å². The Morgan fingerprint density at radius 1 is 1.35 bits per heavy atom. The molecule has 0 bridgehead atoms. The fourth-order valence-electron chi connectivity index (χ4n) is 2.66. The Morgan fingerprint density at radius 2 is 2.24 bits per heavy atom. The van der Waals surface area contributed by atoms with E-state index in [-0.39, 0.29) is 0 Å². The lowest BCUT2D eigenvalue weighted by atomic mass is 9.92. The number of benzene rings is 1. The van der Waals surface area contributed by atoms with E-state index in [2.05, 4.69) is 41.7 Å². The molecule has 1 aromatic carbocycles. The Kier molecular flexibility index (Phi) is 2.63. The van der Waals surface area contributed by atoms with Gasteiger partial charge in [0.05, 0.1) is 5.52 Å². The van der Waals surface area contributed by atoms with Gasteiger partial charge in [-0.1, -0.05) is 19.1 Å². The van der Waals surface area contributed by atoms with Crippen molar-refractivity contribution < 1.29 is 0 Å². The summed E-state index contributed by atoms with van der Waals surface area (Å²) >= 11 is 0. The standard InChI is InChI=1S/C14H19N3/c1-10-3-6-13(15-8-10)11-4-5-12-9-17(2)16-14(12)7-11/h4-5,7,9-10,13,15H,3,6,8H2,1-2H3/t10-,13+/m0/s1. The van der Waals surface area contributed by atoms with Crippen molar-refractivity contribution >= 4 is 10.9 Å². The highest BCUT2D eigenvalue weighted by Gasteiger charge is 2.19. The van der Waals surface area contributed by atoms with E-state index in [1.807, 2.05) is 11.7 Å². The van der Waals surface area contributed by atoms with Crippen molar-refractivity contribution in [1.29, 1.82) is 0 Å². The lowest BCUT2D eigenvalue weighted by molar-refractivity contribution is 0.333. The van der Waals surface area contributed by atoms with Crippen molar-refractivity contribution in [2.24, 2.45) is 13.0 Å². The van der Waals surface area contributed by atoms with E-state index >= 15 is 0 Å². The molecular weight excluding hydrogens is 210 g/mol. The summed E-state index contributed by atoms with van der Waals surface area (Å²) in [4.78, 5) is 0. The molecule has 0 saturated carbocycles. The molecule has 17 heavy (non-hydrogen) atoms. The first-order chi connectivity index (χ1) is 8.22. The van der Waals surface area contributed by atoms with Crippen LogP contribution in [0, 0.1) is 5.92 Å². The quantitative estimate of drug-likeness (QED) is 0.814. The molecule has 1 saturated heterocycles. The zero-order chi connectivity index (χ0) is 11.8. The van der Waals surface area contributed by atoms with Gasteiger partial charge in [-0.2, -0.15) is 5.10 Å². The van der Waals surface area contributed by atoms with Crippen molar-refractivity contribution in [3.8, 4) is 0 Å². The monoisotopic (exact) mass is 229 g/mol. The largest absolute Gasteiger partial charge is 0.310 e. The minimum atomic E-state index is 0.512. The number of nitrogens with one attached hydrogen (secondary N) is 1. The maximum atomic E-state index is 4.47. The summed E-state index contributed by atoms with van der Waals surface area (Å²) in [5.41, 5.74) is 2.48. The molecule has 2 atom stereocenters. The predicted molar refractivity (Wildman–Crippen MR) is 69.9 cm³/mol. The van der Waals surface area contributed by atoms with Crippen molar-refractivity contribution in [2.75, 3.05) is 6.54 Å². The van der Waals surface area contributed by atoms with Crippen LogP contribution in [0.1, 0.15) is 31.4 Å². The number of fused-ring (bicyclic) bond motifs is 1. The summed E-state index contributed by atoms with van der Waals surface area (Å²) in [6.07, 6.45) is 4.62. The van der Waals surface area contributed by atoms with Crippen LogP contribution in [0.4, 0.5) is 0 Å². The van der Waals surface area contributed by atoms with E-state index in [0.717, 1.165) is 18.0 Å². The van der Waals surface area contributed by atoms with Gasteiger partial charge in [0.15, 0.2) is 0 Å². The fourth-order valence-corrected chi connectivity index (χ4v) is 2.66. The molecule has 3 heteroatoms. The van der Waals surface area contributed by atoms with Gasteiger partial charge in [0.2, 0.25) is 0 Å². The number of piperidine rings is 1. The van der Waals surface area contributed by atoms with Crippen LogP contribution in [-0.4, -0.2) is 16.3 Å². The van der Waals surface area contributed by atoms with E-state index in [1.54, 1.807) is 0 Å². The average Bonchev–Trinajstić information content (AvgIpc) is 2.69. The van der Waals surface area contributed by atoms with Crippen molar-refractivity contribution in [3.05, 3.63) is 30.0 Å². The van der Waals surface area contributed by atoms with Gasteiger partial charge in [-0.15, -0.1) is 0 Å². The topological polar surface area (TPSA) is 29.9 Å². The van der Waals surface area contributed by atoms with Crippen molar-refractivity contribution in [2.45, 2.75) is 25.8 Å². The second kappa shape index (κ2) is 4.15. The number of rotatable bonds is 1. The van der Waals surface area contributed by atoms with E-state index in [0.29, 0.717) is 6.04 Å². The Balaban J connectivity index is 1.89. The second-order valence-electron chi connectivity index (χ2n) is 5.26. The molecule has 0 unspecified atom stereocenters. The van der Waals surface area contributed by atoms with E-state index in [9.17, 15) is 0 Å². The summed E-state index contributed by atoms with van der Waals surface area (Å²) < 4.78 is 1.88. The van der Waals surface area contributed by atoms with Gasteiger partial charge < -0.3 is 5.32 Å². The molecule has 1 aliphatic heterocycles. The molecular formula is C14H19N3. The SMILES string of the molecule is C[C@H]1CC[C@H](c2ccc3cn(C)nc3c2)NC1. The van der Waals surface area contributed by atoms with Gasteiger partial charge in [0.1, 0.15) is 0 Å². The van der Waals surface area contributed by atoms with Gasteiger partial charge in [-0.3, -0.25) is 4.68 Å². The first-order valence-electron chi connectivity index (χ1n) is 6.39. The molecule has 3 nitrogen and oxygen atoms in total. The van der Waals surface area contributed by atoms with Crippen LogP contribution in [0.25, 0.3) is 10.9 Å². The molecule has 1 aromatic heterocycles. The molecule has 2 heterocycles. The van der Waals surface area contributed by atoms with Crippen LogP contribution in [0.5, 0.6) is 0 Å². The molecule has 0 radical (unpaired) electrons. The third-order valence-corrected chi connectivity index (χ3v) is 3.71. The Hall–Kier alpha value is -1.35. The number of hydrogen-bond acceptors (Lipinski definition) is 2. The van der Waals surface area contributed by atoms with Crippen molar-refractivity contribution in [1.82, 2.24) is 15.1 Å². The smallest absolute Gasteiger partial charge is 0.0926 e. The summed E-state index contributed by atoms with van der Waals surface area (Å²) in [7, 11) is 1.97. The van der Waals surface area contributed by atoms with E-state index in [4.69, 9.17) is 0 Å². The van der Waals surface area contributed by atoms with Crippen LogP contribution in [0.2, 0.25) is 0 Å². The first-order valence-corrected chi connectivity index (χ1v) is 6.39. The lowest BCUT2D eigenvalue weighted by Gasteiger charge is -2.28. The molecule has 90 valence electrons. The molecule has 3 rings (SSSR count). The van der Waals surface area contributed by atoms with Gasteiger partial charge >= 0.3 is 0 Å². The molecule has 0 spiro atoms. The highest BCUT2D eigenvalue weighted by molar-refractivity contribution is 5.78. The summed E-state index contributed by atoms with van der Waals surface area (Å²) in [6.45, 7) is 3.44. The predicted octanol–water partition coefficient (Wildman–Crippen LogP) is 2.63. The van der Waals surface area contributed by atoms with Crippen LogP contribution >= 0.6 is 0 Å². The summed E-state index contributed by atoms with van der Waals surface area (Å²) in [5, 5.41) is 9.32. The van der Waals surface area contributed by atoms with Crippen LogP contribution < -0.4 is 5.32 Å².